The summed E-state index contributed by atoms with van der Waals surface area (Å²) in [6.45, 7) is 1.87. The number of hydrogen-bond donors (Lipinski definition) is 0. The van der Waals surface area contributed by atoms with Gasteiger partial charge in [0.2, 0.25) is 18.0 Å². The van der Waals surface area contributed by atoms with Crippen LogP contribution in [0.25, 0.3) is 16.6 Å². The molecule has 0 radical (unpaired) electrons. The highest BCUT2D eigenvalue weighted by Crippen LogP contribution is 2.41. The molecule has 0 saturated heterocycles. The van der Waals surface area contributed by atoms with E-state index in [0.29, 0.717) is 40.0 Å². The third kappa shape index (κ3) is 3.37. The Morgan fingerprint density at radius 2 is 1.65 bits per heavy atom. The summed E-state index contributed by atoms with van der Waals surface area (Å²) in [4.78, 5) is 25.6. The van der Waals surface area contributed by atoms with Crippen molar-refractivity contribution in [1.29, 1.82) is 0 Å². The fraction of sp³-hybridized carbons (Fsp3) is 0.273. The minimum absolute atomic E-state index is 0.0504. The molecule has 0 bridgehead atoms. The van der Waals surface area contributed by atoms with Crippen LogP contribution in [0, 0.1) is 0 Å². The van der Waals surface area contributed by atoms with Gasteiger partial charge < -0.3 is 33.0 Å². The van der Waals surface area contributed by atoms with Crippen molar-refractivity contribution in [2.24, 2.45) is 0 Å². The molecule has 2 aromatic carbocycles. The SMILES string of the molecule is CCOC(=O)c1cn(-c2cc(OC)c(OC)c(OC)c2)c2cc3c(cc2c1=O)OCO3. The van der Waals surface area contributed by atoms with Crippen LogP contribution in [0.4, 0.5) is 0 Å². The highest BCUT2D eigenvalue weighted by molar-refractivity contribution is 5.95. The number of ether oxygens (including phenoxy) is 6. The molecule has 0 atom stereocenters. The Kier molecular flexibility index (Phi) is 5.33. The number of nitrogens with zero attached hydrogens (tertiary/aromatic N) is 1. The molecule has 3 aromatic rings. The molecule has 0 spiro atoms. The average Bonchev–Trinajstić information content (AvgIpc) is 3.25. The van der Waals surface area contributed by atoms with E-state index in [2.05, 4.69) is 0 Å². The van der Waals surface area contributed by atoms with Crippen LogP contribution in [0.3, 0.4) is 0 Å². The van der Waals surface area contributed by atoms with E-state index in [1.54, 1.807) is 35.8 Å². The molecule has 1 aromatic heterocycles. The molecule has 162 valence electrons. The number of hydrogen-bond acceptors (Lipinski definition) is 8. The van der Waals surface area contributed by atoms with E-state index in [4.69, 9.17) is 28.4 Å². The molecule has 9 heteroatoms. The summed E-state index contributed by atoms with van der Waals surface area (Å²) in [7, 11) is 4.52. The molecule has 2 heterocycles. The van der Waals surface area contributed by atoms with E-state index in [1.165, 1.54) is 27.5 Å². The molecule has 4 rings (SSSR count). The van der Waals surface area contributed by atoms with Crippen molar-refractivity contribution in [2.75, 3.05) is 34.7 Å². The zero-order chi connectivity index (χ0) is 22.1. The van der Waals surface area contributed by atoms with E-state index < -0.39 is 11.4 Å². The zero-order valence-electron chi connectivity index (χ0n) is 17.5. The maximum atomic E-state index is 13.1. The number of carbonyl (C=O) groups excluding carboxylic acids is 1. The molecule has 0 aliphatic carbocycles. The summed E-state index contributed by atoms with van der Waals surface area (Å²) in [5, 5.41) is 0.281. The molecule has 0 amide bonds. The Balaban J connectivity index is 2.06. The minimum atomic E-state index is -0.715. The summed E-state index contributed by atoms with van der Waals surface area (Å²) in [6.07, 6.45) is 1.44. The van der Waals surface area contributed by atoms with Gasteiger partial charge in [-0.1, -0.05) is 0 Å². The van der Waals surface area contributed by atoms with Gasteiger partial charge in [0.1, 0.15) is 5.56 Å². The second kappa shape index (κ2) is 8.10. The number of benzene rings is 2. The smallest absolute Gasteiger partial charge is 0.343 e. The average molecular weight is 427 g/mol. The van der Waals surface area contributed by atoms with Gasteiger partial charge in [-0.3, -0.25) is 4.79 Å². The predicted octanol–water partition coefficient (Wildman–Crippen LogP) is 2.92. The number of pyridine rings is 1. The maximum absolute atomic E-state index is 13.1. The summed E-state index contributed by atoms with van der Waals surface area (Å²) in [5.41, 5.74) is 0.512. The molecule has 1 aliphatic heterocycles. The predicted molar refractivity (Wildman–Crippen MR) is 111 cm³/mol. The largest absolute Gasteiger partial charge is 0.493 e. The summed E-state index contributed by atoms with van der Waals surface area (Å²) in [6, 6.07) is 6.68. The van der Waals surface area contributed by atoms with E-state index in [-0.39, 0.29) is 24.3 Å². The number of esters is 1. The third-order valence-corrected chi connectivity index (χ3v) is 4.92. The summed E-state index contributed by atoms with van der Waals surface area (Å²) < 4.78 is 34.0. The van der Waals surface area contributed by atoms with Crippen LogP contribution in [-0.2, 0) is 4.74 Å². The Morgan fingerprint density at radius 1 is 1.00 bits per heavy atom. The second-order valence-electron chi connectivity index (χ2n) is 6.57. The van der Waals surface area contributed by atoms with Gasteiger partial charge in [0.05, 0.1) is 44.5 Å². The number of carbonyl (C=O) groups is 1. The number of methoxy groups -OCH3 is 3. The molecule has 0 saturated carbocycles. The van der Waals surface area contributed by atoms with Gasteiger partial charge >= 0.3 is 5.97 Å². The Hall–Kier alpha value is -3.88. The minimum Gasteiger partial charge on any atom is -0.493 e. The maximum Gasteiger partial charge on any atom is 0.343 e. The monoisotopic (exact) mass is 427 g/mol. The van der Waals surface area contributed by atoms with E-state index in [1.807, 2.05) is 0 Å². The van der Waals surface area contributed by atoms with Crippen LogP contribution >= 0.6 is 0 Å². The Morgan fingerprint density at radius 3 is 2.23 bits per heavy atom. The molecule has 0 fully saturated rings. The number of rotatable bonds is 6. The van der Waals surface area contributed by atoms with Crippen molar-refractivity contribution in [1.82, 2.24) is 4.57 Å². The van der Waals surface area contributed by atoms with Crippen LogP contribution in [0.5, 0.6) is 28.7 Å². The summed E-state index contributed by atoms with van der Waals surface area (Å²) in [5.74, 6) is 1.47. The highest BCUT2D eigenvalue weighted by Gasteiger charge is 2.23. The molecule has 0 unspecified atom stereocenters. The molecule has 1 aliphatic rings. The van der Waals surface area contributed by atoms with Crippen molar-refractivity contribution in [3.63, 3.8) is 0 Å². The fourth-order valence-corrected chi connectivity index (χ4v) is 3.49. The molecular weight excluding hydrogens is 406 g/mol. The lowest BCUT2D eigenvalue weighted by Gasteiger charge is -2.18. The van der Waals surface area contributed by atoms with E-state index >= 15 is 0 Å². The summed E-state index contributed by atoms with van der Waals surface area (Å²) >= 11 is 0. The van der Waals surface area contributed by atoms with E-state index in [9.17, 15) is 9.59 Å². The molecular formula is C22H21NO8. The number of aromatic nitrogens is 1. The fourth-order valence-electron chi connectivity index (χ4n) is 3.49. The first kappa shape index (κ1) is 20.4. The molecule has 9 nitrogen and oxygen atoms in total. The van der Waals surface area contributed by atoms with E-state index in [0.717, 1.165) is 0 Å². The van der Waals surface area contributed by atoms with Gasteiger partial charge in [-0.15, -0.1) is 0 Å². The van der Waals surface area contributed by atoms with Gasteiger partial charge in [0.15, 0.2) is 23.0 Å². The van der Waals surface area contributed by atoms with Crippen LogP contribution < -0.4 is 29.1 Å². The van der Waals surface area contributed by atoms with Crippen molar-refractivity contribution in [2.45, 2.75) is 6.92 Å². The van der Waals surface area contributed by atoms with Crippen LogP contribution in [0.15, 0.2) is 35.3 Å². The van der Waals surface area contributed by atoms with Crippen molar-refractivity contribution in [3.05, 3.63) is 46.2 Å². The quantitative estimate of drug-likeness (QED) is 0.555. The van der Waals surface area contributed by atoms with Gasteiger partial charge in [-0.2, -0.15) is 0 Å². The van der Waals surface area contributed by atoms with Gasteiger partial charge in [-0.05, 0) is 13.0 Å². The lowest BCUT2D eigenvalue weighted by atomic mass is 10.1. The van der Waals surface area contributed by atoms with Crippen molar-refractivity contribution < 1.29 is 33.2 Å². The molecule has 0 N–H and O–H groups in total. The van der Waals surface area contributed by atoms with Crippen LogP contribution in [0.1, 0.15) is 17.3 Å². The molecule has 31 heavy (non-hydrogen) atoms. The van der Waals surface area contributed by atoms with Crippen molar-refractivity contribution in [3.8, 4) is 34.4 Å². The standard InChI is InChI=1S/C22H21NO8/c1-5-29-22(25)14-10-23(12-6-18(26-2)21(28-4)19(7-12)27-3)15-9-17-16(30-11-31-17)8-13(15)20(14)24/h6-10H,5,11H2,1-4H3. The topological polar surface area (TPSA) is 94.5 Å². The normalized spacial score (nSPS) is 12.0. The Bertz CT molecular complexity index is 1210. The van der Waals surface area contributed by atoms with Crippen LogP contribution in [0.2, 0.25) is 0 Å². The lowest BCUT2D eigenvalue weighted by Crippen LogP contribution is -2.20. The number of fused-ring (bicyclic) bond motifs is 2. The first-order chi connectivity index (χ1) is 15.0. The lowest BCUT2D eigenvalue weighted by molar-refractivity contribution is 0.0524. The Labute approximate surface area is 177 Å². The first-order valence-electron chi connectivity index (χ1n) is 9.48. The van der Waals surface area contributed by atoms with Gasteiger partial charge in [-0.25, -0.2) is 4.79 Å². The third-order valence-electron chi connectivity index (χ3n) is 4.92. The zero-order valence-corrected chi connectivity index (χ0v) is 17.5. The first-order valence-corrected chi connectivity index (χ1v) is 9.48. The highest BCUT2D eigenvalue weighted by atomic mass is 16.7. The van der Waals surface area contributed by atoms with Gasteiger partial charge in [0, 0.05) is 24.4 Å². The van der Waals surface area contributed by atoms with Crippen LogP contribution in [-0.4, -0.2) is 45.3 Å². The van der Waals surface area contributed by atoms with Crippen molar-refractivity contribution >= 4 is 16.9 Å². The second-order valence-corrected chi connectivity index (χ2v) is 6.57. The van der Waals surface area contributed by atoms with Gasteiger partial charge in [0.25, 0.3) is 0 Å².